The summed E-state index contributed by atoms with van der Waals surface area (Å²) in [6.45, 7) is 4.40. The fourth-order valence-electron chi connectivity index (χ4n) is 2.83. The molecular formula is C15H19IN2O3. The van der Waals surface area contributed by atoms with Gasteiger partial charge in [0.05, 0.1) is 10.5 Å². The third-order valence-electron chi connectivity index (χ3n) is 4.43. The van der Waals surface area contributed by atoms with Gasteiger partial charge in [-0.15, -0.1) is 0 Å². The first-order valence-corrected chi connectivity index (χ1v) is 8.23. The molecule has 0 spiro atoms. The maximum atomic E-state index is 12.4. The number of carbonyl (C=O) groups excluding carboxylic acids is 1. The summed E-state index contributed by atoms with van der Waals surface area (Å²) in [5.74, 6) is 0.929. The van der Waals surface area contributed by atoms with E-state index in [0.29, 0.717) is 21.0 Å². The van der Waals surface area contributed by atoms with Crippen LogP contribution in [0.1, 0.15) is 43.5 Å². The van der Waals surface area contributed by atoms with Crippen molar-refractivity contribution in [1.29, 1.82) is 0 Å². The molecule has 1 aliphatic carbocycles. The number of halogens is 1. The lowest BCUT2D eigenvalue weighted by atomic mass is 9.78. The molecule has 6 heteroatoms. The molecule has 114 valence electrons. The van der Waals surface area contributed by atoms with Crippen molar-refractivity contribution in [3.63, 3.8) is 0 Å². The Morgan fingerprint density at radius 1 is 1.38 bits per heavy atom. The predicted octanol–water partition coefficient (Wildman–Crippen LogP) is 3.75. The molecule has 2 rings (SSSR count). The number of amides is 1. The Morgan fingerprint density at radius 3 is 2.71 bits per heavy atom. The number of benzene rings is 1. The summed E-state index contributed by atoms with van der Waals surface area (Å²) in [4.78, 5) is 22.7. The van der Waals surface area contributed by atoms with E-state index in [1.807, 2.05) is 22.6 Å². The molecule has 1 amide bonds. The molecule has 1 aromatic rings. The number of rotatable bonds is 3. The third kappa shape index (κ3) is 3.72. The normalized spacial score (nSPS) is 25.4. The highest BCUT2D eigenvalue weighted by atomic mass is 127. The molecule has 0 radical (unpaired) electrons. The SMILES string of the molecule is CC1CCCC(NC(=O)c2ccc([N+](=O)[O-])cc2I)C1C. The van der Waals surface area contributed by atoms with E-state index in [-0.39, 0.29) is 17.6 Å². The van der Waals surface area contributed by atoms with E-state index in [9.17, 15) is 14.9 Å². The van der Waals surface area contributed by atoms with Crippen molar-refractivity contribution in [3.05, 3.63) is 37.4 Å². The van der Waals surface area contributed by atoms with Crippen LogP contribution >= 0.6 is 22.6 Å². The number of nitro benzene ring substituents is 1. The van der Waals surface area contributed by atoms with Gasteiger partial charge in [-0.3, -0.25) is 14.9 Å². The maximum absolute atomic E-state index is 12.4. The highest BCUT2D eigenvalue weighted by molar-refractivity contribution is 14.1. The molecule has 5 nitrogen and oxygen atoms in total. The molecule has 0 saturated heterocycles. The summed E-state index contributed by atoms with van der Waals surface area (Å²) >= 11 is 1.97. The second-order valence-electron chi connectivity index (χ2n) is 5.77. The fourth-order valence-corrected chi connectivity index (χ4v) is 3.58. The van der Waals surface area contributed by atoms with Crippen LogP contribution in [0.2, 0.25) is 0 Å². The van der Waals surface area contributed by atoms with Crippen molar-refractivity contribution in [2.24, 2.45) is 11.8 Å². The topological polar surface area (TPSA) is 72.2 Å². The number of non-ortho nitro benzene ring substituents is 1. The molecule has 0 bridgehead atoms. The molecule has 21 heavy (non-hydrogen) atoms. The van der Waals surface area contributed by atoms with Gasteiger partial charge in [0.25, 0.3) is 11.6 Å². The summed E-state index contributed by atoms with van der Waals surface area (Å²) in [6, 6.07) is 4.53. The van der Waals surface area contributed by atoms with Gasteiger partial charge >= 0.3 is 0 Å². The molecule has 3 atom stereocenters. The molecule has 1 N–H and O–H groups in total. The largest absolute Gasteiger partial charge is 0.349 e. The van der Waals surface area contributed by atoms with E-state index >= 15 is 0 Å². The van der Waals surface area contributed by atoms with Crippen LogP contribution in [0.4, 0.5) is 5.69 Å². The average molecular weight is 402 g/mol. The van der Waals surface area contributed by atoms with Crippen molar-refractivity contribution in [2.75, 3.05) is 0 Å². The van der Waals surface area contributed by atoms with Crippen LogP contribution in [0.3, 0.4) is 0 Å². The Bertz CT molecular complexity index is 562. The number of nitrogens with zero attached hydrogens (tertiary/aromatic N) is 1. The lowest BCUT2D eigenvalue weighted by Gasteiger charge is -2.34. The fraction of sp³-hybridized carbons (Fsp3) is 0.533. The quantitative estimate of drug-likeness (QED) is 0.476. The molecular weight excluding hydrogens is 383 g/mol. The summed E-state index contributed by atoms with van der Waals surface area (Å²) < 4.78 is 0.607. The number of nitro groups is 1. The highest BCUT2D eigenvalue weighted by Crippen LogP contribution is 2.30. The number of nitrogens with one attached hydrogen (secondary N) is 1. The van der Waals surface area contributed by atoms with Crippen LogP contribution in [0.25, 0.3) is 0 Å². The van der Waals surface area contributed by atoms with Gasteiger partial charge in [0.15, 0.2) is 0 Å². The molecule has 3 unspecified atom stereocenters. The molecule has 0 heterocycles. The second kappa shape index (κ2) is 6.72. The Morgan fingerprint density at radius 2 is 2.10 bits per heavy atom. The van der Waals surface area contributed by atoms with E-state index in [0.717, 1.165) is 12.8 Å². The average Bonchev–Trinajstić information content (AvgIpc) is 2.43. The monoisotopic (exact) mass is 402 g/mol. The van der Waals surface area contributed by atoms with Gasteiger partial charge in [0, 0.05) is 21.7 Å². The molecule has 1 saturated carbocycles. The highest BCUT2D eigenvalue weighted by Gasteiger charge is 2.28. The van der Waals surface area contributed by atoms with Gasteiger partial charge < -0.3 is 5.32 Å². The molecule has 1 fully saturated rings. The minimum atomic E-state index is -0.450. The second-order valence-corrected chi connectivity index (χ2v) is 6.93. The van der Waals surface area contributed by atoms with Crippen LogP contribution in [-0.2, 0) is 0 Å². The number of carbonyl (C=O) groups is 1. The standard InChI is InChI=1S/C15H19IN2O3/c1-9-4-3-5-14(10(9)2)17-15(19)12-7-6-11(18(20)21)8-13(12)16/h6-10,14H,3-5H2,1-2H3,(H,17,19). The summed E-state index contributed by atoms with van der Waals surface area (Å²) in [7, 11) is 0. The number of hydrogen-bond acceptors (Lipinski definition) is 3. The van der Waals surface area contributed by atoms with E-state index in [2.05, 4.69) is 19.2 Å². The Balaban J connectivity index is 2.11. The van der Waals surface area contributed by atoms with Crippen LogP contribution in [0.15, 0.2) is 18.2 Å². The molecule has 0 aliphatic heterocycles. The molecule has 1 aromatic carbocycles. The first-order valence-electron chi connectivity index (χ1n) is 7.15. The summed E-state index contributed by atoms with van der Waals surface area (Å²) in [5, 5.41) is 13.8. The van der Waals surface area contributed by atoms with E-state index < -0.39 is 4.92 Å². The lowest BCUT2D eigenvalue weighted by molar-refractivity contribution is -0.384. The first-order chi connectivity index (χ1) is 9.90. The minimum Gasteiger partial charge on any atom is -0.349 e. The minimum absolute atomic E-state index is 0.00982. The van der Waals surface area contributed by atoms with Crippen molar-refractivity contribution in [2.45, 2.75) is 39.2 Å². The van der Waals surface area contributed by atoms with Crippen molar-refractivity contribution < 1.29 is 9.72 Å². The first kappa shape index (κ1) is 16.2. The van der Waals surface area contributed by atoms with Gasteiger partial charge in [-0.2, -0.15) is 0 Å². The zero-order chi connectivity index (χ0) is 15.6. The van der Waals surface area contributed by atoms with Gasteiger partial charge in [-0.25, -0.2) is 0 Å². The smallest absolute Gasteiger partial charge is 0.270 e. The molecule has 1 aliphatic rings. The van der Waals surface area contributed by atoms with Crippen molar-refractivity contribution >= 4 is 34.2 Å². The van der Waals surface area contributed by atoms with Crippen molar-refractivity contribution in [1.82, 2.24) is 5.32 Å². The predicted molar refractivity (Wildman–Crippen MR) is 89.2 cm³/mol. The Labute approximate surface area is 137 Å². The summed E-state index contributed by atoms with van der Waals surface area (Å²) in [5.41, 5.74) is 0.516. The Hall–Kier alpha value is -1.18. The van der Waals surface area contributed by atoms with E-state index in [1.165, 1.54) is 24.6 Å². The van der Waals surface area contributed by atoms with Gasteiger partial charge in [0.1, 0.15) is 0 Å². The van der Waals surface area contributed by atoms with E-state index in [4.69, 9.17) is 0 Å². The van der Waals surface area contributed by atoms with Crippen LogP contribution in [0.5, 0.6) is 0 Å². The molecule has 0 aromatic heterocycles. The number of hydrogen-bond donors (Lipinski definition) is 1. The van der Waals surface area contributed by atoms with Gasteiger partial charge in [0.2, 0.25) is 0 Å². The van der Waals surface area contributed by atoms with Crippen LogP contribution < -0.4 is 5.32 Å². The maximum Gasteiger partial charge on any atom is 0.270 e. The third-order valence-corrected chi connectivity index (χ3v) is 5.32. The lowest BCUT2D eigenvalue weighted by Crippen LogP contribution is -2.43. The zero-order valence-electron chi connectivity index (χ0n) is 12.1. The van der Waals surface area contributed by atoms with Crippen molar-refractivity contribution in [3.8, 4) is 0 Å². The van der Waals surface area contributed by atoms with Crippen LogP contribution in [0, 0.1) is 25.5 Å². The van der Waals surface area contributed by atoms with E-state index in [1.54, 1.807) is 0 Å². The van der Waals surface area contributed by atoms with Gasteiger partial charge in [-0.1, -0.05) is 26.7 Å². The summed E-state index contributed by atoms with van der Waals surface area (Å²) in [6.07, 6.45) is 3.34. The Kier molecular flexibility index (Phi) is 5.18. The van der Waals surface area contributed by atoms with Gasteiger partial charge in [-0.05, 0) is 46.9 Å². The zero-order valence-corrected chi connectivity index (χ0v) is 14.3. The van der Waals surface area contributed by atoms with Crippen LogP contribution in [-0.4, -0.2) is 16.9 Å².